The summed E-state index contributed by atoms with van der Waals surface area (Å²) < 4.78 is 10.4. The van der Waals surface area contributed by atoms with Crippen molar-refractivity contribution in [1.82, 2.24) is 0 Å². The van der Waals surface area contributed by atoms with Gasteiger partial charge in [-0.3, -0.25) is 9.59 Å². The fraction of sp³-hybridized carbons (Fsp3) is 0.150. The molecule has 7 nitrogen and oxygen atoms in total. The van der Waals surface area contributed by atoms with Crippen molar-refractivity contribution in [3.05, 3.63) is 59.8 Å². The zero-order chi connectivity index (χ0) is 19.8. The Morgan fingerprint density at radius 2 is 1.89 bits per heavy atom. The Hall–Kier alpha value is -3.79. The second kappa shape index (κ2) is 9.06. The molecule has 0 aliphatic carbocycles. The van der Waals surface area contributed by atoms with Crippen LogP contribution < -0.4 is 20.1 Å². The number of ketones is 1. The van der Waals surface area contributed by atoms with Crippen LogP contribution in [0.3, 0.4) is 0 Å². The number of nitrogens with zero attached hydrogens (tertiary/aromatic N) is 1. The van der Waals surface area contributed by atoms with Gasteiger partial charge in [-0.25, -0.2) is 0 Å². The third-order valence-corrected chi connectivity index (χ3v) is 3.67. The van der Waals surface area contributed by atoms with Crippen molar-refractivity contribution in [2.75, 3.05) is 24.9 Å². The van der Waals surface area contributed by atoms with Gasteiger partial charge in [0.15, 0.2) is 5.78 Å². The number of rotatable bonds is 7. The standard InChI is InChI=1S/C20H19N3O4/c1-13(24)14-5-4-6-16(9-14)23-20(25)15(11-21)12-22-18-8-7-17(26-2)10-19(18)27-3/h4-10,12,22H,1-3H3,(H,23,25)/b15-12-. The summed E-state index contributed by atoms with van der Waals surface area (Å²) in [5.41, 5.74) is 1.32. The monoisotopic (exact) mass is 365 g/mol. The molecule has 138 valence electrons. The van der Waals surface area contributed by atoms with Crippen molar-refractivity contribution in [3.63, 3.8) is 0 Å². The van der Waals surface area contributed by atoms with E-state index in [1.807, 2.05) is 6.07 Å². The number of amides is 1. The normalized spacial score (nSPS) is 10.5. The van der Waals surface area contributed by atoms with E-state index in [0.29, 0.717) is 28.4 Å². The number of ether oxygens (including phenoxy) is 2. The first kappa shape index (κ1) is 19.5. The first-order valence-electron chi connectivity index (χ1n) is 7.99. The van der Waals surface area contributed by atoms with Gasteiger partial charge in [0.05, 0.1) is 19.9 Å². The van der Waals surface area contributed by atoms with Gasteiger partial charge in [-0.1, -0.05) is 12.1 Å². The van der Waals surface area contributed by atoms with Crippen LogP contribution >= 0.6 is 0 Å². The summed E-state index contributed by atoms with van der Waals surface area (Å²) in [6.45, 7) is 1.44. The third kappa shape index (κ3) is 5.09. The summed E-state index contributed by atoms with van der Waals surface area (Å²) in [6.07, 6.45) is 1.29. The lowest BCUT2D eigenvalue weighted by Gasteiger charge is -2.10. The summed E-state index contributed by atoms with van der Waals surface area (Å²) in [5, 5.41) is 14.8. The lowest BCUT2D eigenvalue weighted by molar-refractivity contribution is -0.112. The highest BCUT2D eigenvalue weighted by molar-refractivity contribution is 6.07. The molecule has 0 saturated carbocycles. The van der Waals surface area contributed by atoms with Crippen molar-refractivity contribution in [2.45, 2.75) is 6.92 Å². The van der Waals surface area contributed by atoms with E-state index in [1.54, 1.807) is 49.6 Å². The molecular formula is C20H19N3O4. The number of carbonyl (C=O) groups is 2. The Kier molecular flexibility index (Phi) is 6.55. The zero-order valence-corrected chi connectivity index (χ0v) is 15.2. The molecule has 0 atom stereocenters. The number of Topliss-reactive ketones (excluding diaryl/α,β-unsaturated/α-hetero) is 1. The first-order valence-corrected chi connectivity index (χ1v) is 7.99. The lowest BCUT2D eigenvalue weighted by Crippen LogP contribution is -2.15. The largest absolute Gasteiger partial charge is 0.497 e. The van der Waals surface area contributed by atoms with Gasteiger partial charge in [0, 0.05) is 23.5 Å². The highest BCUT2D eigenvalue weighted by Gasteiger charge is 2.11. The maximum atomic E-state index is 12.3. The fourth-order valence-electron chi connectivity index (χ4n) is 2.23. The van der Waals surface area contributed by atoms with Crippen LogP contribution in [0.2, 0.25) is 0 Å². The van der Waals surface area contributed by atoms with Gasteiger partial charge >= 0.3 is 0 Å². The number of hydrogen-bond donors (Lipinski definition) is 2. The molecule has 0 unspecified atom stereocenters. The average molecular weight is 365 g/mol. The topological polar surface area (TPSA) is 100 Å². The SMILES string of the molecule is COc1ccc(N/C=C(/C#N)C(=O)Nc2cccc(C(C)=O)c2)c(OC)c1. The van der Waals surface area contributed by atoms with Crippen molar-refractivity contribution in [2.24, 2.45) is 0 Å². The van der Waals surface area contributed by atoms with Gasteiger partial charge < -0.3 is 20.1 Å². The van der Waals surface area contributed by atoms with E-state index in [9.17, 15) is 14.9 Å². The van der Waals surface area contributed by atoms with Crippen LogP contribution in [0.1, 0.15) is 17.3 Å². The molecule has 0 fully saturated rings. The molecule has 1 amide bonds. The molecule has 0 aromatic heterocycles. The number of carbonyl (C=O) groups excluding carboxylic acids is 2. The highest BCUT2D eigenvalue weighted by atomic mass is 16.5. The average Bonchev–Trinajstić information content (AvgIpc) is 2.68. The predicted molar refractivity (Wildman–Crippen MR) is 102 cm³/mol. The zero-order valence-electron chi connectivity index (χ0n) is 15.2. The maximum Gasteiger partial charge on any atom is 0.267 e. The van der Waals surface area contributed by atoms with Gasteiger partial charge in [-0.2, -0.15) is 5.26 Å². The quantitative estimate of drug-likeness (QED) is 0.443. The number of anilines is 2. The van der Waals surface area contributed by atoms with E-state index < -0.39 is 5.91 Å². The van der Waals surface area contributed by atoms with E-state index in [4.69, 9.17) is 9.47 Å². The maximum absolute atomic E-state index is 12.3. The fourth-order valence-corrected chi connectivity index (χ4v) is 2.23. The van der Waals surface area contributed by atoms with Crippen LogP contribution in [0, 0.1) is 11.3 Å². The van der Waals surface area contributed by atoms with Crippen LogP contribution in [-0.2, 0) is 4.79 Å². The van der Waals surface area contributed by atoms with Gasteiger partial charge in [0.1, 0.15) is 23.1 Å². The van der Waals surface area contributed by atoms with Gasteiger partial charge in [0.25, 0.3) is 5.91 Å². The van der Waals surface area contributed by atoms with E-state index >= 15 is 0 Å². The van der Waals surface area contributed by atoms with Crippen LogP contribution in [0.4, 0.5) is 11.4 Å². The van der Waals surface area contributed by atoms with E-state index in [1.165, 1.54) is 20.2 Å². The second-order valence-electron chi connectivity index (χ2n) is 5.47. The molecule has 0 saturated heterocycles. The molecule has 0 radical (unpaired) electrons. The molecule has 0 aliphatic rings. The molecule has 2 N–H and O–H groups in total. The molecule has 2 aromatic carbocycles. The van der Waals surface area contributed by atoms with Gasteiger partial charge in [-0.15, -0.1) is 0 Å². The number of methoxy groups -OCH3 is 2. The molecule has 0 heterocycles. The summed E-state index contributed by atoms with van der Waals surface area (Å²) in [5.74, 6) is 0.399. The Balaban J connectivity index is 2.16. The molecule has 7 heteroatoms. The molecule has 0 aliphatic heterocycles. The molecule has 2 aromatic rings. The smallest absolute Gasteiger partial charge is 0.267 e. The van der Waals surface area contributed by atoms with Gasteiger partial charge in [-0.05, 0) is 31.2 Å². The minimum absolute atomic E-state index is 0.115. The number of nitriles is 1. The van der Waals surface area contributed by atoms with Crippen LogP contribution in [0.15, 0.2) is 54.2 Å². The first-order chi connectivity index (χ1) is 13.0. The Morgan fingerprint density at radius 1 is 1.11 bits per heavy atom. The minimum atomic E-state index is -0.599. The van der Waals surface area contributed by atoms with Crippen LogP contribution in [-0.4, -0.2) is 25.9 Å². The minimum Gasteiger partial charge on any atom is -0.497 e. The number of benzene rings is 2. The molecular weight excluding hydrogens is 346 g/mol. The highest BCUT2D eigenvalue weighted by Crippen LogP contribution is 2.29. The van der Waals surface area contributed by atoms with Crippen LogP contribution in [0.25, 0.3) is 0 Å². The molecule has 0 spiro atoms. The Labute approximate surface area is 157 Å². The van der Waals surface area contributed by atoms with Crippen molar-refractivity contribution < 1.29 is 19.1 Å². The summed E-state index contributed by atoms with van der Waals surface area (Å²) in [6, 6.07) is 13.4. The van der Waals surface area contributed by atoms with E-state index in [0.717, 1.165) is 0 Å². The van der Waals surface area contributed by atoms with E-state index in [2.05, 4.69) is 10.6 Å². The molecule has 2 rings (SSSR count). The Morgan fingerprint density at radius 3 is 2.52 bits per heavy atom. The van der Waals surface area contributed by atoms with Crippen LogP contribution in [0.5, 0.6) is 11.5 Å². The van der Waals surface area contributed by atoms with Crippen molar-refractivity contribution >= 4 is 23.1 Å². The second-order valence-corrected chi connectivity index (χ2v) is 5.47. The molecule has 27 heavy (non-hydrogen) atoms. The van der Waals surface area contributed by atoms with Gasteiger partial charge in [0.2, 0.25) is 0 Å². The summed E-state index contributed by atoms with van der Waals surface area (Å²) in [4.78, 5) is 23.8. The van der Waals surface area contributed by atoms with Crippen molar-refractivity contribution in [1.29, 1.82) is 5.26 Å². The summed E-state index contributed by atoms with van der Waals surface area (Å²) in [7, 11) is 3.05. The molecule has 0 bridgehead atoms. The van der Waals surface area contributed by atoms with E-state index in [-0.39, 0.29) is 11.4 Å². The number of nitrogens with one attached hydrogen (secondary N) is 2. The lowest BCUT2D eigenvalue weighted by atomic mass is 10.1. The predicted octanol–water partition coefficient (Wildman–Crippen LogP) is 3.36. The Bertz CT molecular complexity index is 929. The number of hydrogen-bond acceptors (Lipinski definition) is 6. The van der Waals surface area contributed by atoms with Crippen molar-refractivity contribution in [3.8, 4) is 17.6 Å². The summed E-state index contributed by atoms with van der Waals surface area (Å²) >= 11 is 0. The third-order valence-electron chi connectivity index (χ3n) is 3.67.